The Morgan fingerprint density at radius 2 is 1.68 bits per heavy atom. The van der Waals surface area contributed by atoms with Crippen LogP contribution < -0.4 is 14.4 Å². The lowest BCUT2D eigenvalue weighted by molar-refractivity contribution is -0.113. The summed E-state index contributed by atoms with van der Waals surface area (Å²) in [4.78, 5) is 19.5. The van der Waals surface area contributed by atoms with E-state index in [1.165, 1.54) is 17.0 Å². The van der Waals surface area contributed by atoms with Crippen LogP contribution in [0.4, 0.5) is 10.1 Å². The fraction of sp³-hybridized carbons (Fsp3) is 0.120. The third-order valence-corrected chi connectivity index (χ3v) is 4.93. The lowest BCUT2D eigenvalue weighted by atomic mass is 10.1. The molecule has 5 nitrogen and oxygen atoms in total. The normalized spacial score (nSPS) is 14.7. The molecule has 0 unspecified atom stereocenters. The molecule has 6 heteroatoms. The Morgan fingerprint density at radius 1 is 0.935 bits per heavy atom. The zero-order chi connectivity index (χ0) is 22.0. The number of carbonyl (C=O) groups is 1. The zero-order valence-electron chi connectivity index (χ0n) is 17.4. The average molecular weight is 416 g/mol. The van der Waals surface area contributed by atoms with Gasteiger partial charge in [-0.3, -0.25) is 9.69 Å². The molecule has 1 amide bonds. The van der Waals surface area contributed by atoms with E-state index in [9.17, 15) is 9.18 Å². The number of hydrogen-bond acceptors (Lipinski definition) is 4. The Labute approximate surface area is 180 Å². The largest absolute Gasteiger partial charge is 0.493 e. The fourth-order valence-electron chi connectivity index (χ4n) is 3.42. The highest BCUT2D eigenvalue weighted by Gasteiger charge is 2.32. The quantitative estimate of drug-likeness (QED) is 0.551. The van der Waals surface area contributed by atoms with Gasteiger partial charge in [-0.15, -0.1) is 0 Å². The summed E-state index contributed by atoms with van der Waals surface area (Å²) in [6, 6.07) is 18.9. The van der Waals surface area contributed by atoms with Crippen molar-refractivity contribution >= 4 is 23.5 Å². The number of aryl methyl sites for hydroxylation is 1. The van der Waals surface area contributed by atoms with E-state index in [4.69, 9.17) is 9.47 Å². The van der Waals surface area contributed by atoms with E-state index in [2.05, 4.69) is 4.99 Å². The van der Waals surface area contributed by atoms with E-state index in [0.717, 1.165) is 16.7 Å². The summed E-state index contributed by atoms with van der Waals surface area (Å²) in [5.74, 6) is 0.982. The monoisotopic (exact) mass is 416 g/mol. The van der Waals surface area contributed by atoms with Gasteiger partial charge in [-0.2, -0.15) is 0 Å². The molecule has 1 heterocycles. The molecule has 0 atom stereocenters. The maximum atomic E-state index is 13.5. The second-order valence-electron chi connectivity index (χ2n) is 7.07. The van der Waals surface area contributed by atoms with Gasteiger partial charge in [0.15, 0.2) is 11.5 Å². The molecule has 0 saturated carbocycles. The first kappa shape index (κ1) is 20.3. The number of rotatable bonds is 5. The zero-order valence-corrected chi connectivity index (χ0v) is 17.4. The van der Waals surface area contributed by atoms with Crippen LogP contribution in [0.3, 0.4) is 0 Å². The molecular weight excluding hydrogens is 395 g/mol. The first-order valence-electron chi connectivity index (χ1n) is 9.69. The van der Waals surface area contributed by atoms with E-state index in [1.807, 2.05) is 37.3 Å². The van der Waals surface area contributed by atoms with E-state index in [0.29, 0.717) is 23.0 Å². The van der Waals surface area contributed by atoms with E-state index in [1.54, 1.807) is 44.6 Å². The third-order valence-electron chi connectivity index (χ3n) is 4.93. The maximum Gasteiger partial charge on any atom is 0.282 e. The van der Waals surface area contributed by atoms with Crippen molar-refractivity contribution in [3.8, 4) is 11.5 Å². The van der Waals surface area contributed by atoms with Gasteiger partial charge in [-0.1, -0.05) is 29.8 Å². The minimum atomic E-state index is -0.370. The summed E-state index contributed by atoms with van der Waals surface area (Å²) in [6.45, 7) is 1.98. The molecule has 3 aromatic rings. The van der Waals surface area contributed by atoms with Gasteiger partial charge in [-0.05, 0) is 61.0 Å². The first-order valence-corrected chi connectivity index (χ1v) is 9.69. The highest BCUT2D eigenvalue weighted by atomic mass is 19.1. The van der Waals surface area contributed by atoms with Crippen LogP contribution in [0.15, 0.2) is 77.4 Å². The second kappa shape index (κ2) is 8.44. The van der Waals surface area contributed by atoms with Crippen LogP contribution in [0.25, 0.3) is 6.08 Å². The highest BCUT2D eigenvalue weighted by molar-refractivity contribution is 6.33. The van der Waals surface area contributed by atoms with Crippen LogP contribution in [0.5, 0.6) is 11.5 Å². The summed E-state index contributed by atoms with van der Waals surface area (Å²) in [5, 5.41) is 0. The Bertz CT molecular complexity index is 1200. The van der Waals surface area contributed by atoms with Crippen molar-refractivity contribution < 1.29 is 18.7 Å². The smallest absolute Gasteiger partial charge is 0.282 e. The number of amides is 1. The summed E-state index contributed by atoms with van der Waals surface area (Å²) in [6.07, 6.45) is 1.70. The van der Waals surface area contributed by atoms with Crippen molar-refractivity contribution in [2.45, 2.75) is 6.92 Å². The van der Waals surface area contributed by atoms with Crippen LogP contribution in [0.1, 0.15) is 16.7 Å². The van der Waals surface area contributed by atoms with Crippen molar-refractivity contribution in [1.82, 2.24) is 0 Å². The molecule has 0 radical (unpaired) electrons. The predicted octanol–water partition coefficient (Wildman–Crippen LogP) is 4.99. The predicted molar refractivity (Wildman–Crippen MR) is 119 cm³/mol. The molecule has 156 valence electrons. The van der Waals surface area contributed by atoms with Crippen LogP contribution in [-0.4, -0.2) is 26.0 Å². The number of aliphatic imine (C=N–C) groups is 1. The third kappa shape index (κ3) is 4.05. The van der Waals surface area contributed by atoms with Gasteiger partial charge in [0.1, 0.15) is 17.3 Å². The van der Waals surface area contributed by atoms with Gasteiger partial charge in [0.25, 0.3) is 5.91 Å². The standard InChI is InChI=1S/C25H21FN2O3/c1-16-5-4-6-18(13-16)24-27-21(14-17-7-12-22(30-2)23(15-17)31-3)25(29)28(24)20-10-8-19(26)9-11-20/h4-15H,1-3H3/b21-14+. The molecule has 3 aromatic carbocycles. The molecule has 4 rings (SSSR count). The SMILES string of the molecule is COc1ccc(/C=C2/N=C(c3cccc(C)c3)N(c3ccc(F)cc3)C2=O)cc1OC. The Morgan fingerprint density at radius 3 is 2.35 bits per heavy atom. The molecule has 0 saturated heterocycles. The minimum Gasteiger partial charge on any atom is -0.493 e. The number of hydrogen-bond donors (Lipinski definition) is 0. The average Bonchev–Trinajstić information content (AvgIpc) is 3.10. The van der Waals surface area contributed by atoms with Gasteiger partial charge < -0.3 is 9.47 Å². The van der Waals surface area contributed by atoms with Crippen LogP contribution in [0.2, 0.25) is 0 Å². The lowest BCUT2D eigenvalue weighted by Gasteiger charge is -2.18. The van der Waals surface area contributed by atoms with Crippen molar-refractivity contribution in [2.24, 2.45) is 4.99 Å². The Hall–Kier alpha value is -3.93. The number of benzene rings is 3. The number of ether oxygens (including phenoxy) is 2. The summed E-state index contributed by atoms with van der Waals surface area (Å²) < 4.78 is 24.1. The molecule has 0 fully saturated rings. The minimum absolute atomic E-state index is 0.271. The molecule has 1 aliphatic heterocycles. The van der Waals surface area contributed by atoms with Crippen molar-refractivity contribution in [3.05, 3.63) is 94.9 Å². The van der Waals surface area contributed by atoms with Crippen molar-refractivity contribution in [2.75, 3.05) is 19.1 Å². The summed E-state index contributed by atoms with van der Waals surface area (Å²) in [5.41, 5.74) is 3.40. The first-order chi connectivity index (χ1) is 15.0. The molecule has 0 bridgehead atoms. The van der Waals surface area contributed by atoms with Gasteiger partial charge in [-0.25, -0.2) is 9.38 Å². The van der Waals surface area contributed by atoms with E-state index >= 15 is 0 Å². The topological polar surface area (TPSA) is 51.1 Å². The molecule has 0 aromatic heterocycles. The fourth-order valence-corrected chi connectivity index (χ4v) is 3.42. The maximum absolute atomic E-state index is 13.5. The number of methoxy groups -OCH3 is 2. The molecule has 31 heavy (non-hydrogen) atoms. The van der Waals surface area contributed by atoms with Crippen LogP contribution in [0, 0.1) is 12.7 Å². The van der Waals surface area contributed by atoms with Crippen LogP contribution in [-0.2, 0) is 4.79 Å². The van der Waals surface area contributed by atoms with Crippen LogP contribution >= 0.6 is 0 Å². The van der Waals surface area contributed by atoms with Gasteiger partial charge in [0.05, 0.1) is 19.9 Å². The molecule has 1 aliphatic rings. The number of nitrogens with zero attached hydrogens (tertiary/aromatic N) is 2. The molecule has 0 aliphatic carbocycles. The van der Waals surface area contributed by atoms with Crippen molar-refractivity contribution in [1.29, 1.82) is 0 Å². The van der Waals surface area contributed by atoms with Gasteiger partial charge >= 0.3 is 0 Å². The number of amidine groups is 1. The van der Waals surface area contributed by atoms with Crippen molar-refractivity contribution in [3.63, 3.8) is 0 Å². The number of halogens is 1. The second-order valence-corrected chi connectivity index (χ2v) is 7.07. The van der Waals surface area contributed by atoms with E-state index < -0.39 is 0 Å². The Kier molecular flexibility index (Phi) is 5.54. The molecular formula is C25H21FN2O3. The highest BCUT2D eigenvalue weighted by Crippen LogP contribution is 2.31. The van der Waals surface area contributed by atoms with Gasteiger partial charge in [0.2, 0.25) is 0 Å². The number of anilines is 1. The van der Waals surface area contributed by atoms with E-state index in [-0.39, 0.29) is 17.4 Å². The molecule has 0 N–H and O–H groups in total. The number of carbonyl (C=O) groups excluding carboxylic acids is 1. The summed E-state index contributed by atoms with van der Waals surface area (Å²) in [7, 11) is 3.12. The lowest BCUT2D eigenvalue weighted by Crippen LogP contribution is -2.32. The van der Waals surface area contributed by atoms with Gasteiger partial charge in [0, 0.05) is 5.56 Å². The summed E-state index contributed by atoms with van der Waals surface area (Å²) >= 11 is 0. The Balaban J connectivity index is 1.81. The molecule has 0 spiro atoms.